The number of benzene rings is 2. The van der Waals surface area contributed by atoms with Crippen LogP contribution >= 0.6 is 11.3 Å². The van der Waals surface area contributed by atoms with Crippen LogP contribution in [0.2, 0.25) is 0 Å². The maximum absolute atomic E-state index is 12.4. The van der Waals surface area contributed by atoms with Crippen LogP contribution in [0, 0.1) is 0 Å². The third kappa shape index (κ3) is 4.64. The van der Waals surface area contributed by atoms with Crippen LogP contribution in [-0.4, -0.2) is 24.5 Å². The Morgan fingerprint density at radius 1 is 1.04 bits per heavy atom. The fourth-order valence-corrected chi connectivity index (χ4v) is 4.24. The summed E-state index contributed by atoms with van der Waals surface area (Å²) in [6.45, 7) is 1.38. The highest BCUT2D eigenvalue weighted by atomic mass is 32.2. The minimum atomic E-state index is -3.77. The zero-order valence-corrected chi connectivity index (χ0v) is 15.5. The van der Waals surface area contributed by atoms with E-state index in [9.17, 15) is 13.2 Å². The van der Waals surface area contributed by atoms with Gasteiger partial charge in [0.1, 0.15) is 5.01 Å². The highest BCUT2D eigenvalue weighted by molar-refractivity contribution is 7.93. The van der Waals surface area contributed by atoms with Gasteiger partial charge in [-0.15, -0.1) is 10.2 Å². The summed E-state index contributed by atoms with van der Waals surface area (Å²) in [5.41, 5.74) is 1.60. The maximum atomic E-state index is 12.4. The standard InChI is InChI=1S/C17H16N4O3S2/c1-12(22)18-14-7-9-15(10-8-14)26(23,24)21-17-20-19-16(25-17)11-13-5-3-2-4-6-13/h2-10H,11H2,1H3,(H,18,22)(H,20,21). The van der Waals surface area contributed by atoms with Gasteiger partial charge in [0.15, 0.2) is 0 Å². The molecule has 0 radical (unpaired) electrons. The Morgan fingerprint density at radius 3 is 2.38 bits per heavy atom. The van der Waals surface area contributed by atoms with Gasteiger partial charge in [0, 0.05) is 19.0 Å². The lowest BCUT2D eigenvalue weighted by atomic mass is 10.2. The molecule has 2 aromatic carbocycles. The summed E-state index contributed by atoms with van der Waals surface area (Å²) >= 11 is 1.19. The molecule has 0 aliphatic rings. The number of rotatable bonds is 6. The smallest absolute Gasteiger partial charge is 0.263 e. The minimum Gasteiger partial charge on any atom is -0.326 e. The van der Waals surface area contributed by atoms with Crippen LogP contribution in [0.15, 0.2) is 59.5 Å². The second-order valence-corrected chi connectivity index (χ2v) is 8.22. The van der Waals surface area contributed by atoms with Crippen molar-refractivity contribution in [1.82, 2.24) is 10.2 Å². The molecule has 3 rings (SSSR count). The van der Waals surface area contributed by atoms with Gasteiger partial charge >= 0.3 is 0 Å². The summed E-state index contributed by atoms with van der Waals surface area (Å²) in [6, 6.07) is 15.6. The number of amides is 1. The molecule has 3 aromatic rings. The van der Waals surface area contributed by atoms with E-state index in [-0.39, 0.29) is 15.9 Å². The quantitative estimate of drug-likeness (QED) is 0.676. The van der Waals surface area contributed by atoms with E-state index >= 15 is 0 Å². The summed E-state index contributed by atoms with van der Waals surface area (Å²) in [6.07, 6.45) is 0.589. The monoisotopic (exact) mass is 388 g/mol. The number of nitrogens with zero attached hydrogens (tertiary/aromatic N) is 2. The van der Waals surface area contributed by atoms with Crippen molar-refractivity contribution in [2.24, 2.45) is 0 Å². The highest BCUT2D eigenvalue weighted by Crippen LogP contribution is 2.22. The Bertz CT molecular complexity index is 1000. The molecule has 0 spiro atoms. The molecule has 26 heavy (non-hydrogen) atoms. The van der Waals surface area contributed by atoms with Gasteiger partial charge < -0.3 is 5.32 Å². The van der Waals surface area contributed by atoms with Gasteiger partial charge in [-0.3, -0.25) is 9.52 Å². The first-order valence-corrected chi connectivity index (χ1v) is 9.99. The van der Waals surface area contributed by atoms with Gasteiger partial charge in [0.05, 0.1) is 4.90 Å². The number of nitrogens with one attached hydrogen (secondary N) is 2. The summed E-state index contributed by atoms with van der Waals surface area (Å²) in [7, 11) is -3.77. The molecule has 1 aromatic heterocycles. The lowest BCUT2D eigenvalue weighted by Crippen LogP contribution is -2.13. The molecule has 0 atom stereocenters. The van der Waals surface area contributed by atoms with E-state index in [1.54, 1.807) is 0 Å². The lowest BCUT2D eigenvalue weighted by Gasteiger charge is -2.06. The Labute approximate surface area is 155 Å². The van der Waals surface area contributed by atoms with Crippen molar-refractivity contribution >= 4 is 38.1 Å². The minimum absolute atomic E-state index is 0.0754. The highest BCUT2D eigenvalue weighted by Gasteiger charge is 2.17. The summed E-state index contributed by atoms with van der Waals surface area (Å²) in [5, 5.41) is 11.4. The Morgan fingerprint density at radius 2 is 1.73 bits per heavy atom. The second-order valence-electron chi connectivity index (χ2n) is 5.47. The average Bonchev–Trinajstić information content (AvgIpc) is 3.02. The van der Waals surface area contributed by atoms with Gasteiger partial charge in [-0.05, 0) is 29.8 Å². The molecule has 0 fully saturated rings. The summed E-state index contributed by atoms with van der Waals surface area (Å²) < 4.78 is 27.3. The first-order valence-electron chi connectivity index (χ1n) is 7.69. The number of aromatic nitrogens is 2. The summed E-state index contributed by atoms with van der Waals surface area (Å²) in [5.74, 6) is -0.224. The molecular weight excluding hydrogens is 372 g/mol. The van der Waals surface area contributed by atoms with Crippen LogP contribution in [-0.2, 0) is 21.2 Å². The Balaban J connectivity index is 1.70. The molecule has 7 nitrogen and oxygen atoms in total. The largest absolute Gasteiger partial charge is 0.326 e. The van der Waals surface area contributed by atoms with Crippen LogP contribution < -0.4 is 10.0 Å². The van der Waals surface area contributed by atoms with Crippen LogP contribution in [0.4, 0.5) is 10.8 Å². The van der Waals surface area contributed by atoms with E-state index in [1.807, 2.05) is 30.3 Å². The van der Waals surface area contributed by atoms with Gasteiger partial charge in [0.2, 0.25) is 11.0 Å². The molecule has 134 valence electrons. The third-order valence-electron chi connectivity index (χ3n) is 3.37. The van der Waals surface area contributed by atoms with Crippen molar-refractivity contribution in [2.75, 3.05) is 10.0 Å². The van der Waals surface area contributed by atoms with Crippen molar-refractivity contribution in [3.8, 4) is 0 Å². The number of hydrogen-bond acceptors (Lipinski definition) is 6. The van der Waals surface area contributed by atoms with Crippen molar-refractivity contribution < 1.29 is 13.2 Å². The second kappa shape index (κ2) is 7.63. The molecule has 0 saturated carbocycles. The molecule has 0 unspecified atom stereocenters. The molecule has 1 amide bonds. The van der Waals surface area contributed by atoms with Gasteiger partial charge in [0.25, 0.3) is 10.0 Å². The predicted octanol–water partition coefficient (Wildman–Crippen LogP) is 2.89. The van der Waals surface area contributed by atoms with Gasteiger partial charge in [-0.25, -0.2) is 8.42 Å². The van der Waals surface area contributed by atoms with E-state index in [0.29, 0.717) is 12.1 Å². The van der Waals surface area contributed by atoms with Crippen molar-refractivity contribution in [1.29, 1.82) is 0 Å². The van der Waals surface area contributed by atoms with Crippen LogP contribution in [0.3, 0.4) is 0 Å². The number of anilines is 2. The van der Waals surface area contributed by atoms with E-state index < -0.39 is 10.0 Å². The third-order valence-corrected chi connectivity index (χ3v) is 5.69. The van der Waals surface area contributed by atoms with Crippen LogP contribution in [0.25, 0.3) is 0 Å². The maximum Gasteiger partial charge on any atom is 0.263 e. The van der Waals surface area contributed by atoms with E-state index in [0.717, 1.165) is 10.6 Å². The topological polar surface area (TPSA) is 101 Å². The SMILES string of the molecule is CC(=O)Nc1ccc(S(=O)(=O)Nc2nnc(Cc3ccccc3)s2)cc1. The Hall–Kier alpha value is -2.78. The molecule has 9 heteroatoms. The van der Waals surface area contributed by atoms with Crippen LogP contribution in [0.5, 0.6) is 0 Å². The van der Waals surface area contributed by atoms with E-state index in [1.165, 1.54) is 42.5 Å². The van der Waals surface area contributed by atoms with Crippen LogP contribution in [0.1, 0.15) is 17.5 Å². The zero-order chi connectivity index (χ0) is 18.6. The first kappa shape index (κ1) is 18.0. The van der Waals surface area contributed by atoms with Crippen molar-refractivity contribution in [2.45, 2.75) is 18.2 Å². The average molecular weight is 388 g/mol. The van der Waals surface area contributed by atoms with Gasteiger partial charge in [-0.2, -0.15) is 0 Å². The van der Waals surface area contributed by atoms with Crippen molar-refractivity contribution in [3.63, 3.8) is 0 Å². The first-order chi connectivity index (χ1) is 12.4. The summed E-state index contributed by atoms with van der Waals surface area (Å²) in [4.78, 5) is 11.1. The van der Waals surface area contributed by atoms with Crippen molar-refractivity contribution in [3.05, 3.63) is 65.2 Å². The number of carbonyl (C=O) groups excluding carboxylic acids is 1. The predicted molar refractivity (Wildman–Crippen MR) is 101 cm³/mol. The van der Waals surface area contributed by atoms with Gasteiger partial charge in [-0.1, -0.05) is 41.7 Å². The lowest BCUT2D eigenvalue weighted by molar-refractivity contribution is -0.114. The van der Waals surface area contributed by atoms with E-state index in [2.05, 4.69) is 20.2 Å². The number of sulfonamides is 1. The molecule has 2 N–H and O–H groups in total. The fourth-order valence-electron chi connectivity index (χ4n) is 2.23. The molecule has 0 bridgehead atoms. The Kier molecular flexibility index (Phi) is 5.29. The van der Waals surface area contributed by atoms with E-state index in [4.69, 9.17) is 0 Å². The fraction of sp³-hybridized carbons (Fsp3) is 0.118. The molecule has 0 aliphatic carbocycles. The number of carbonyl (C=O) groups is 1. The molecule has 0 aliphatic heterocycles. The molecule has 0 saturated heterocycles. The normalized spacial score (nSPS) is 11.1. The molecular formula is C17H16N4O3S2. The number of hydrogen-bond donors (Lipinski definition) is 2. The zero-order valence-electron chi connectivity index (χ0n) is 13.8. The molecule has 1 heterocycles.